The molecular weight excluding hydrogens is 308 g/mol. The Balaban J connectivity index is 3.15. The van der Waals surface area contributed by atoms with Crippen molar-refractivity contribution in [1.82, 2.24) is 0 Å². The van der Waals surface area contributed by atoms with Gasteiger partial charge in [0, 0.05) is 6.07 Å². The molecule has 0 radical (unpaired) electrons. The van der Waals surface area contributed by atoms with Crippen molar-refractivity contribution >= 4 is 17.6 Å². The number of hydrogen-bond acceptors (Lipinski definition) is 3. The Kier molecular flexibility index (Phi) is 4.81. The molecule has 0 spiro atoms. The maximum absolute atomic E-state index is 13.3. The lowest BCUT2D eigenvalue weighted by Gasteiger charge is -2.15. The lowest BCUT2D eigenvalue weighted by molar-refractivity contribution is -0.163. The van der Waals surface area contributed by atoms with Crippen molar-refractivity contribution in [3.8, 4) is 0 Å². The van der Waals surface area contributed by atoms with Gasteiger partial charge in [0.15, 0.2) is 0 Å². The van der Waals surface area contributed by atoms with Crippen LogP contribution in [0, 0.1) is 11.6 Å². The summed E-state index contributed by atoms with van der Waals surface area (Å²) in [5.74, 6) is -11.8. The first-order chi connectivity index (χ1) is 9.61. The summed E-state index contributed by atoms with van der Waals surface area (Å²) in [6.45, 7) is 0. The van der Waals surface area contributed by atoms with Crippen molar-refractivity contribution in [1.29, 1.82) is 0 Å². The number of benzene rings is 1. The number of methoxy groups -OCH3 is 1. The molecule has 0 bridgehead atoms. The number of rotatable bonds is 4. The summed E-state index contributed by atoms with van der Waals surface area (Å²) in [4.78, 5) is 22.1. The summed E-state index contributed by atoms with van der Waals surface area (Å²) >= 11 is 0. The zero-order valence-corrected chi connectivity index (χ0v) is 10.2. The zero-order valence-electron chi connectivity index (χ0n) is 10.2. The fourth-order valence-electron chi connectivity index (χ4n) is 1.22. The summed E-state index contributed by atoms with van der Waals surface area (Å²) in [5, 5.41) is 1.16. The van der Waals surface area contributed by atoms with E-state index in [0.29, 0.717) is 6.07 Å². The minimum atomic E-state index is -5.08. The van der Waals surface area contributed by atoms with E-state index in [1.165, 1.54) is 0 Å². The lowest BCUT2D eigenvalue weighted by Crippen LogP contribution is -2.41. The maximum Gasteiger partial charge on any atom is 0.383 e. The molecular formula is C11H7F6NO3. The van der Waals surface area contributed by atoms with Gasteiger partial charge in [0.05, 0.1) is 18.4 Å². The van der Waals surface area contributed by atoms with E-state index in [1.807, 2.05) is 0 Å². The number of carbonyl (C=O) groups is 2. The van der Waals surface area contributed by atoms with Crippen molar-refractivity contribution in [3.63, 3.8) is 0 Å². The molecule has 1 amide bonds. The first-order valence-corrected chi connectivity index (χ1v) is 5.16. The molecule has 0 aliphatic heterocycles. The molecule has 0 aliphatic rings. The van der Waals surface area contributed by atoms with Crippen molar-refractivity contribution in [2.45, 2.75) is 12.3 Å². The fraction of sp³-hybridized carbons (Fsp3) is 0.273. The van der Waals surface area contributed by atoms with Crippen LogP contribution in [-0.2, 0) is 9.53 Å². The molecule has 116 valence electrons. The van der Waals surface area contributed by atoms with Gasteiger partial charge in [-0.25, -0.2) is 22.4 Å². The van der Waals surface area contributed by atoms with Crippen LogP contribution in [0.5, 0.6) is 0 Å². The molecule has 21 heavy (non-hydrogen) atoms. The third-order valence-corrected chi connectivity index (χ3v) is 2.29. The third-order valence-electron chi connectivity index (χ3n) is 2.29. The van der Waals surface area contributed by atoms with Gasteiger partial charge in [-0.2, -0.15) is 8.78 Å². The number of hydrogen-bond donors (Lipinski definition) is 1. The second-order valence-corrected chi connectivity index (χ2v) is 3.68. The topological polar surface area (TPSA) is 55.4 Å². The zero-order chi connectivity index (χ0) is 16.4. The van der Waals surface area contributed by atoms with E-state index in [1.54, 1.807) is 0 Å². The summed E-state index contributed by atoms with van der Waals surface area (Å²) in [7, 11) is 0.869. The van der Waals surface area contributed by atoms with Gasteiger partial charge >= 0.3 is 24.2 Å². The van der Waals surface area contributed by atoms with Gasteiger partial charge in [-0.05, 0) is 6.07 Å². The Labute approximate surface area is 113 Å². The predicted octanol–water partition coefficient (Wildman–Crippen LogP) is 2.59. The largest absolute Gasteiger partial charge is 0.465 e. The third kappa shape index (κ3) is 3.44. The Hall–Kier alpha value is -2.26. The first-order valence-electron chi connectivity index (χ1n) is 5.16. The maximum atomic E-state index is 13.3. The number of alkyl halides is 4. The van der Waals surface area contributed by atoms with Crippen LogP contribution in [-0.4, -0.2) is 31.3 Å². The Bertz CT molecular complexity index is 575. The van der Waals surface area contributed by atoms with E-state index in [9.17, 15) is 35.9 Å². The highest BCUT2D eigenvalue weighted by atomic mass is 19.3. The number of nitrogens with one attached hydrogen (secondary N) is 1. The molecule has 1 N–H and O–H groups in total. The predicted molar refractivity (Wildman–Crippen MR) is 57.3 cm³/mol. The molecule has 0 saturated carbocycles. The minimum absolute atomic E-state index is 0.113. The number of esters is 1. The normalized spacial score (nSPS) is 11.4. The number of amides is 1. The molecule has 0 saturated heterocycles. The van der Waals surface area contributed by atoms with E-state index in [-0.39, 0.29) is 6.07 Å². The van der Waals surface area contributed by atoms with E-state index in [0.717, 1.165) is 12.4 Å². The van der Waals surface area contributed by atoms with E-state index >= 15 is 0 Å². The first kappa shape index (κ1) is 16.8. The quantitative estimate of drug-likeness (QED) is 0.686. The molecule has 0 atom stereocenters. The Morgan fingerprint density at radius 2 is 1.76 bits per heavy atom. The van der Waals surface area contributed by atoms with Gasteiger partial charge in [0.1, 0.15) is 11.6 Å². The average Bonchev–Trinajstić information content (AvgIpc) is 2.40. The molecule has 0 unspecified atom stereocenters. The summed E-state index contributed by atoms with van der Waals surface area (Å²) in [6, 6.07) is 0.471. The van der Waals surface area contributed by atoms with Crippen molar-refractivity contribution < 1.29 is 40.7 Å². The van der Waals surface area contributed by atoms with Crippen LogP contribution in [0.4, 0.5) is 32.0 Å². The lowest BCUT2D eigenvalue weighted by atomic mass is 10.1. The van der Waals surface area contributed by atoms with Crippen LogP contribution in [0.2, 0.25) is 0 Å². The molecule has 0 aromatic heterocycles. The summed E-state index contributed by atoms with van der Waals surface area (Å²) in [6.07, 6.45) is -4.32. The highest BCUT2D eigenvalue weighted by molar-refractivity contribution is 5.98. The molecule has 0 fully saturated rings. The molecule has 10 heteroatoms. The Morgan fingerprint density at radius 3 is 2.24 bits per heavy atom. The molecule has 1 aromatic rings. The van der Waals surface area contributed by atoms with Crippen molar-refractivity contribution in [2.24, 2.45) is 0 Å². The van der Waals surface area contributed by atoms with Crippen LogP contribution in [0.1, 0.15) is 10.4 Å². The number of ether oxygens (including phenoxy) is 1. The van der Waals surface area contributed by atoms with Crippen molar-refractivity contribution in [2.75, 3.05) is 12.4 Å². The van der Waals surface area contributed by atoms with E-state index in [2.05, 4.69) is 4.74 Å². The monoisotopic (exact) mass is 315 g/mol. The molecule has 0 aliphatic carbocycles. The molecule has 1 aromatic carbocycles. The van der Waals surface area contributed by atoms with Gasteiger partial charge in [-0.1, -0.05) is 0 Å². The standard InChI is InChI=1S/C11H7F6NO3/c1-21-8(19)4-2-7(6(13)3-5(4)12)18-10(20)11(16,17)9(14)15/h2-3,9H,1H3,(H,18,20). The van der Waals surface area contributed by atoms with Crippen LogP contribution in [0.15, 0.2) is 12.1 Å². The van der Waals surface area contributed by atoms with E-state index in [4.69, 9.17) is 0 Å². The smallest absolute Gasteiger partial charge is 0.383 e. The van der Waals surface area contributed by atoms with Crippen LogP contribution in [0.25, 0.3) is 0 Å². The number of anilines is 1. The highest BCUT2D eigenvalue weighted by Gasteiger charge is 2.49. The fourth-order valence-corrected chi connectivity index (χ4v) is 1.22. The number of halogens is 6. The average molecular weight is 315 g/mol. The molecule has 0 heterocycles. The van der Waals surface area contributed by atoms with Gasteiger partial charge in [-0.3, -0.25) is 4.79 Å². The van der Waals surface area contributed by atoms with Gasteiger partial charge in [-0.15, -0.1) is 0 Å². The summed E-state index contributed by atoms with van der Waals surface area (Å²) < 4.78 is 80.0. The SMILES string of the molecule is COC(=O)c1cc(NC(=O)C(F)(F)C(F)F)c(F)cc1F. The highest BCUT2D eigenvalue weighted by Crippen LogP contribution is 2.26. The minimum Gasteiger partial charge on any atom is -0.465 e. The van der Waals surface area contributed by atoms with Crippen LogP contribution >= 0.6 is 0 Å². The Morgan fingerprint density at radius 1 is 1.19 bits per heavy atom. The second-order valence-electron chi connectivity index (χ2n) is 3.68. The van der Waals surface area contributed by atoms with Gasteiger partial charge in [0.2, 0.25) is 0 Å². The van der Waals surface area contributed by atoms with Crippen LogP contribution in [0.3, 0.4) is 0 Å². The number of carbonyl (C=O) groups excluding carboxylic acids is 2. The van der Waals surface area contributed by atoms with E-state index < -0.39 is 47.1 Å². The van der Waals surface area contributed by atoms with Gasteiger partial charge in [0.25, 0.3) is 0 Å². The van der Waals surface area contributed by atoms with Gasteiger partial charge < -0.3 is 10.1 Å². The van der Waals surface area contributed by atoms with Crippen molar-refractivity contribution in [3.05, 3.63) is 29.3 Å². The van der Waals surface area contributed by atoms with Crippen LogP contribution < -0.4 is 5.32 Å². The molecule has 1 rings (SSSR count). The summed E-state index contributed by atoms with van der Waals surface area (Å²) in [5.41, 5.74) is -1.93. The molecule has 4 nitrogen and oxygen atoms in total. The second kappa shape index (κ2) is 6.02.